The molecule has 0 aliphatic carbocycles. The van der Waals surface area contributed by atoms with Crippen LogP contribution in [0.4, 0.5) is 5.13 Å². The van der Waals surface area contributed by atoms with E-state index in [0.29, 0.717) is 17.2 Å². The SMILES string of the molecule is CC(=O)Nc1nc([C@@H]2CCCN(C(=O)c3cnn(C)c3)C2)cs1. The Balaban J connectivity index is 1.69. The Bertz CT molecular complexity index is 723. The van der Waals surface area contributed by atoms with E-state index in [4.69, 9.17) is 0 Å². The van der Waals surface area contributed by atoms with E-state index in [9.17, 15) is 9.59 Å². The van der Waals surface area contributed by atoms with Gasteiger partial charge in [0.1, 0.15) is 0 Å². The molecule has 8 heteroatoms. The zero-order valence-electron chi connectivity index (χ0n) is 13.2. The van der Waals surface area contributed by atoms with Crippen molar-refractivity contribution in [2.75, 3.05) is 18.4 Å². The summed E-state index contributed by atoms with van der Waals surface area (Å²) in [5, 5.41) is 9.34. The summed E-state index contributed by atoms with van der Waals surface area (Å²) in [7, 11) is 1.80. The number of hydrogen-bond donors (Lipinski definition) is 1. The monoisotopic (exact) mass is 333 g/mol. The molecule has 2 amide bonds. The van der Waals surface area contributed by atoms with Crippen molar-refractivity contribution in [3.8, 4) is 0 Å². The highest BCUT2D eigenvalue weighted by Gasteiger charge is 2.27. The molecular weight excluding hydrogens is 314 g/mol. The molecule has 3 rings (SSSR count). The average molecular weight is 333 g/mol. The first-order valence-corrected chi connectivity index (χ1v) is 8.42. The third-order valence-corrected chi connectivity index (χ3v) is 4.66. The van der Waals surface area contributed by atoms with E-state index < -0.39 is 0 Å². The number of likely N-dealkylation sites (tertiary alicyclic amines) is 1. The second kappa shape index (κ2) is 6.49. The lowest BCUT2D eigenvalue weighted by atomic mass is 9.95. The Morgan fingerprint density at radius 3 is 2.96 bits per heavy atom. The first-order valence-electron chi connectivity index (χ1n) is 7.54. The predicted octanol–water partition coefficient (Wildman–Crippen LogP) is 1.85. The van der Waals surface area contributed by atoms with Crippen LogP contribution in [0.25, 0.3) is 0 Å². The van der Waals surface area contributed by atoms with Gasteiger partial charge < -0.3 is 10.2 Å². The van der Waals surface area contributed by atoms with Gasteiger partial charge in [-0.05, 0) is 12.8 Å². The number of aryl methyl sites for hydroxylation is 1. The second-order valence-corrected chi connectivity index (χ2v) is 6.61. The van der Waals surface area contributed by atoms with Crippen LogP contribution >= 0.6 is 11.3 Å². The largest absolute Gasteiger partial charge is 0.338 e. The predicted molar refractivity (Wildman–Crippen MR) is 87.5 cm³/mol. The maximum Gasteiger partial charge on any atom is 0.257 e. The lowest BCUT2D eigenvalue weighted by Crippen LogP contribution is -2.39. The van der Waals surface area contributed by atoms with Crippen molar-refractivity contribution in [1.29, 1.82) is 0 Å². The fourth-order valence-electron chi connectivity index (χ4n) is 2.80. The molecule has 1 aliphatic rings. The number of carbonyl (C=O) groups excluding carboxylic acids is 2. The number of anilines is 1. The van der Waals surface area contributed by atoms with Gasteiger partial charge in [-0.3, -0.25) is 14.3 Å². The van der Waals surface area contributed by atoms with E-state index in [1.807, 2.05) is 10.3 Å². The van der Waals surface area contributed by atoms with Gasteiger partial charge in [0, 0.05) is 44.6 Å². The molecule has 7 nitrogen and oxygen atoms in total. The number of rotatable bonds is 3. The van der Waals surface area contributed by atoms with Gasteiger partial charge in [0.15, 0.2) is 5.13 Å². The summed E-state index contributed by atoms with van der Waals surface area (Å²) in [6, 6.07) is 0. The third-order valence-electron chi connectivity index (χ3n) is 3.88. The molecule has 0 spiro atoms. The number of carbonyl (C=O) groups is 2. The molecule has 1 aliphatic heterocycles. The van der Waals surface area contributed by atoms with Crippen molar-refractivity contribution in [3.63, 3.8) is 0 Å². The minimum absolute atomic E-state index is 0.0140. The first-order chi connectivity index (χ1) is 11.0. The van der Waals surface area contributed by atoms with Gasteiger partial charge in [0.2, 0.25) is 5.91 Å². The minimum atomic E-state index is -0.122. The molecule has 0 unspecified atom stereocenters. The summed E-state index contributed by atoms with van der Waals surface area (Å²) in [5.74, 6) is 0.103. The molecule has 23 heavy (non-hydrogen) atoms. The maximum atomic E-state index is 12.5. The van der Waals surface area contributed by atoms with Crippen LogP contribution in [0.1, 0.15) is 41.7 Å². The molecule has 0 radical (unpaired) electrons. The minimum Gasteiger partial charge on any atom is -0.338 e. The fourth-order valence-corrected chi connectivity index (χ4v) is 3.64. The van der Waals surface area contributed by atoms with Gasteiger partial charge in [-0.1, -0.05) is 0 Å². The van der Waals surface area contributed by atoms with Gasteiger partial charge in [-0.2, -0.15) is 5.10 Å². The van der Waals surface area contributed by atoms with E-state index in [1.165, 1.54) is 18.3 Å². The van der Waals surface area contributed by atoms with Crippen LogP contribution in [0, 0.1) is 0 Å². The quantitative estimate of drug-likeness (QED) is 0.929. The second-order valence-electron chi connectivity index (χ2n) is 5.75. The van der Waals surface area contributed by atoms with Crippen molar-refractivity contribution < 1.29 is 9.59 Å². The molecule has 3 heterocycles. The number of nitrogens with zero attached hydrogens (tertiary/aromatic N) is 4. The van der Waals surface area contributed by atoms with Gasteiger partial charge >= 0.3 is 0 Å². The van der Waals surface area contributed by atoms with Crippen molar-refractivity contribution >= 4 is 28.3 Å². The van der Waals surface area contributed by atoms with Crippen LogP contribution in [0.3, 0.4) is 0 Å². The molecule has 122 valence electrons. The highest BCUT2D eigenvalue weighted by atomic mass is 32.1. The van der Waals surface area contributed by atoms with Gasteiger partial charge in [-0.25, -0.2) is 4.98 Å². The highest BCUT2D eigenvalue weighted by Crippen LogP contribution is 2.30. The Morgan fingerprint density at radius 2 is 2.26 bits per heavy atom. The topological polar surface area (TPSA) is 80.1 Å². The number of hydrogen-bond acceptors (Lipinski definition) is 5. The summed E-state index contributed by atoms with van der Waals surface area (Å²) >= 11 is 1.42. The summed E-state index contributed by atoms with van der Waals surface area (Å²) in [6.45, 7) is 2.87. The van der Waals surface area contributed by atoms with Crippen molar-refractivity contribution in [3.05, 3.63) is 29.0 Å². The van der Waals surface area contributed by atoms with E-state index in [1.54, 1.807) is 24.1 Å². The number of piperidine rings is 1. The number of amides is 2. The van der Waals surface area contributed by atoms with Gasteiger partial charge in [0.25, 0.3) is 5.91 Å². The molecule has 1 atom stereocenters. The highest BCUT2D eigenvalue weighted by molar-refractivity contribution is 7.13. The lowest BCUT2D eigenvalue weighted by molar-refractivity contribution is -0.114. The molecule has 0 aromatic carbocycles. The zero-order valence-corrected chi connectivity index (χ0v) is 14.0. The van der Waals surface area contributed by atoms with Crippen LogP contribution in [-0.4, -0.2) is 44.6 Å². The van der Waals surface area contributed by atoms with Gasteiger partial charge in [-0.15, -0.1) is 11.3 Å². The lowest BCUT2D eigenvalue weighted by Gasteiger charge is -2.31. The smallest absolute Gasteiger partial charge is 0.257 e. The fraction of sp³-hybridized carbons (Fsp3) is 0.467. The van der Waals surface area contributed by atoms with E-state index in [0.717, 1.165) is 25.1 Å². The summed E-state index contributed by atoms with van der Waals surface area (Å²) in [4.78, 5) is 30.0. The van der Waals surface area contributed by atoms with E-state index in [2.05, 4.69) is 15.4 Å². The summed E-state index contributed by atoms with van der Waals surface area (Å²) in [5.41, 5.74) is 1.56. The Hall–Kier alpha value is -2.22. The van der Waals surface area contributed by atoms with Crippen LogP contribution < -0.4 is 5.32 Å². The van der Waals surface area contributed by atoms with Crippen LogP contribution in [-0.2, 0) is 11.8 Å². The van der Waals surface area contributed by atoms with Gasteiger partial charge in [0.05, 0.1) is 17.5 Å². The van der Waals surface area contributed by atoms with Crippen LogP contribution in [0.2, 0.25) is 0 Å². The Morgan fingerprint density at radius 1 is 1.43 bits per heavy atom. The Kier molecular flexibility index (Phi) is 4.42. The van der Waals surface area contributed by atoms with Crippen molar-refractivity contribution in [2.24, 2.45) is 7.05 Å². The summed E-state index contributed by atoms with van der Waals surface area (Å²) in [6.07, 6.45) is 5.29. The normalized spacial score (nSPS) is 18.0. The molecular formula is C15H19N5O2S. The molecule has 1 saturated heterocycles. The molecule has 2 aromatic rings. The standard InChI is InChI=1S/C15H19N5O2S/c1-10(21)17-15-18-13(9-23-15)11-4-3-5-20(8-11)14(22)12-6-16-19(2)7-12/h6-7,9,11H,3-5,8H2,1-2H3,(H,17,18,21)/t11-/m1/s1. The third kappa shape index (κ3) is 3.58. The van der Waals surface area contributed by atoms with Crippen molar-refractivity contribution in [2.45, 2.75) is 25.7 Å². The molecule has 1 fully saturated rings. The van der Waals surface area contributed by atoms with Crippen LogP contribution in [0.15, 0.2) is 17.8 Å². The molecule has 0 saturated carbocycles. The number of thiazole rings is 1. The summed E-state index contributed by atoms with van der Waals surface area (Å²) < 4.78 is 1.63. The van der Waals surface area contributed by atoms with E-state index >= 15 is 0 Å². The average Bonchev–Trinajstić information content (AvgIpc) is 3.15. The van der Waals surface area contributed by atoms with Crippen molar-refractivity contribution in [1.82, 2.24) is 19.7 Å². The molecule has 2 aromatic heterocycles. The molecule has 0 bridgehead atoms. The zero-order chi connectivity index (χ0) is 16.4. The Labute approximate surface area is 138 Å². The maximum absolute atomic E-state index is 12.5. The first kappa shape index (κ1) is 15.7. The van der Waals surface area contributed by atoms with E-state index in [-0.39, 0.29) is 17.7 Å². The van der Waals surface area contributed by atoms with Crippen LogP contribution in [0.5, 0.6) is 0 Å². The number of nitrogens with one attached hydrogen (secondary N) is 1. The number of aromatic nitrogens is 3. The molecule has 1 N–H and O–H groups in total.